The van der Waals surface area contributed by atoms with Crippen molar-refractivity contribution in [3.63, 3.8) is 0 Å². The Morgan fingerprint density at radius 3 is 2.47 bits per heavy atom. The molecule has 0 bridgehead atoms. The van der Waals surface area contributed by atoms with Gasteiger partial charge in [-0.3, -0.25) is 9.69 Å². The van der Waals surface area contributed by atoms with Crippen LogP contribution in [0.4, 0.5) is 11.4 Å². The highest BCUT2D eigenvalue weighted by molar-refractivity contribution is 6.37. The molecule has 3 aromatic carbocycles. The zero-order valence-electron chi connectivity index (χ0n) is 16.7. The number of anilines is 2. The van der Waals surface area contributed by atoms with Gasteiger partial charge in [0, 0.05) is 16.8 Å². The van der Waals surface area contributed by atoms with Crippen molar-refractivity contribution < 1.29 is 19.1 Å². The maximum absolute atomic E-state index is 13.3. The number of halogens is 1. The summed E-state index contributed by atoms with van der Waals surface area (Å²) in [5.41, 5.74) is 3.52. The molecule has 5 rings (SSSR count). The summed E-state index contributed by atoms with van der Waals surface area (Å²) in [7, 11) is 0. The minimum absolute atomic E-state index is 0.00104. The van der Waals surface area contributed by atoms with Gasteiger partial charge in [0.25, 0.3) is 5.91 Å². The Hall–Kier alpha value is -4.09. The summed E-state index contributed by atoms with van der Waals surface area (Å²) in [5.74, 6) is -0.288. The lowest BCUT2D eigenvalue weighted by Crippen LogP contribution is -2.20. The quantitative estimate of drug-likeness (QED) is 0.366. The molecule has 1 aliphatic heterocycles. The maximum atomic E-state index is 13.3. The number of furan rings is 1. The molecule has 1 N–H and O–H groups in total. The minimum atomic E-state index is -1.11. The van der Waals surface area contributed by atoms with E-state index in [0.717, 1.165) is 16.9 Å². The number of carboxylic acid groups (broad SMARTS) is 1. The summed E-state index contributed by atoms with van der Waals surface area (Å²) in [6.07, 6.45) is 1.71. The molecular weight excluding hydrogens is 426 g/mol. The smallest absolute Gasteiger partial charge is 0.337 e. The average Bonchev–Trinajstić information content (AvgIpc) is 3.38. The Morgan fingerprint density at radius 1 is 0.938 bits per heavy atom. The molecule has 0 spiro atoms. The molecule has 0 aliphatic carbocycles. The van der Waals surface area contributed by atoms with Crippen LogP contribution in [0, 0.1) is 0 Å². The third kappa shape index (κ3) is 3.39. The average molecular weight is 442 g/mol. The first kappa shape index (κ1) is 19.8. The minimum Gasteiger partial charge on any atom is -0.478 e. The van der Waals surface area contributed by atoms with Gasteiger partial charge in [0.2, 0.25) is 0 Å². The third-order valence-electron chi connectivity index (χ3n) is 5.28. The van der Waals surface area contributed by atoms with Crippen molar-refractivity contribution in [3.05, 3.63) is 107 Å². The van der Waals surface area contributed by atoms with Gasteiger partial charge in [0.05, 0.1) is 21.8 Å². The Morgan fingerprint density at radius 2 is 1.69 bits per heavy atom. The number of hydrogen-bond acceptors (Lipinski definition) is 3. The van der Waals surface area contributed by atoms with Crippen molar-refractivity contribution >= 4 is 46.5 Å². The molecule has 0 saturated heterocycles. The molecule has 0 saturated carbocycles. The van der Waals surface area contributed by atoms with Gasteiger partial charge in [-0.05, 0) is 54.6 Å². The second-order valence-electron chi connectivity index (χ2n) is 7.25. The molecule has 32 heavy (non-hydrogen) atoms. The van der Waals surface area contributed by atoms with E-state index in [1.54, 1.807) is 29.2 Å². The van der Waals surface area contributed by atoms with E-state index in [1.807, 2.05) is 54.6 Å². The highest BCUT2D eigenvalue weighted by Crippen LogP contribution is 2.42. The molecule has 1 aliphatic rings. The molecule has 1 amide bonds. The van der Waals surface area contributed by atoms with E-state index < -0.39 is 5.97 Å². The molecule has 6 heteroatoms. The van der Waals surface area contributed by atoms with Gasteiger partial charge in [0.15, 0.2) is 0 Å². The molecular formula is C26H16ClNO4. The number of amides is 1. The van der Waals surface area contributed by atoms with Crippen LogP contribution in [0.15, 0.2) is 89.3 Å². The summed E-state index contributed by atoms with van der Waals surface area (Å²) in [6, 6.07) is 25.3. The molecule has 1 aromatic heterocycles. The second-order valence-corrected chi connectivity index (χ2v) is 7.66. The Labute approximate surface area is 188 Å². The lowest BCUT2D eigenvalue weighted by Gasteiger charge is -2.16. The highest BCUT2D eigenvalue weighted by atomic mass is 35.5. The van der Waals surface area contributed by atoms with Crippen molar-refractivity contribution in [1.29, 1.82) is 0 Å². The molecule has 4 aromatic rings. The normalized spacial score (nSPS) is 14.1. The zero-order valence-corrected chi connectivity index (χ0v) is 17.4. The summed E-state index contributed by atoms with van der Waals surface area (Å²) >= 11 is 5.96. The number of carbonyl (C=O) groups excluding carboxylic acids is 1. The second kappa shape index (κ2) is 7.87. The van der Waals surface area contributed by atoms with Gasteiger partial charge in [-0.25, -0.2) is 4.79 Å². The van der Waals surface area contributed by atoms with E-state index in [2.05, 4.69) is 0 Å². The number of carbonyl (C=O) groups is 2. The van der Waals surface area contributed by atoms with E-state index in [0.29, 0.717) is 22.7 Å². The standard InChI is InChI=1S/C26H16ClNO4/c27-22-12-10-16(14-21(22)26(30)31)24-13-11-18(32-24)15-20-19-8-4-5-9-23(19)28(25(20)29)17-6-2-1-3-7-17/h1-15H,(H,30,31)/b20-15+. The van der Waals surface area contributed by atoms with Gasteiger partial charge in [-0.15, -0.1) is 0 Å². The fourth-order valence-electron chi connectivity index (χ4n) is 3.78. The molecule has 5 nitrogen and oxygen atoms in total. The number of carboxylic acids is 1. The first-order valence-corrected chi connectivity index (χ1v) is 10.2. The highest BCUT2D eigenvalue weighted by Gasteiger charge is 2.33. The predicted octanol–water partition coefficient (Wildman–Crippen LogP) is 6.52. The van der Waals surface area contributed by atoms with E-state index in [4.69, 9.17) is 16.0 Å². The Bertz CT molecular complexity index is 1390. The largest absolute Gasteiger partial charge is 0.478 e. The van der Waals surface area contributed by atoms with Gasteiger partial charge in [0.1, 0.15) is 11.5 Å². The van der Waals surface area contributed by atoms with Gasteiger partial charge in [-0.1, -0.05) is 48.0 Å². The number of fused-ring (bicyclic) bond motifs is 1. The number of hydrogen-bond donors (Lipinski definition) is 1. The first-order valence-electron chi connectivity index (χ1n) is 9.86. The van der Waals surface area contributed by atoms with Crippen LogP contribution in [0.2, 0.25) is 5.02 Å². The summed E-state index contributed by atoms with van der Waals surface area (Å²) in [4.78, 5) is 26.4. The van der Waals surface area contributed by atoms with Crippen LogP contribution in [0.3, 0.4) is 0 Å². The number of rotatable bonds is 4. The van der Waals surface area contributed by atoms with Crippen LogP contribution >= 0.6 is 11.6 Å². The number of nitrogens with zero attached hydrogens (tertiary/aromatic N) is 1. The fraction of sp³-hybridized carbons (Fsp3) is 0. The Balaban J connectivity index is 1.54. The van der Waals surface area contributed by atoms with Gasteiger partial charge < -0.3 is 9.52 Å². The van der Waals surface area contributed by atoms with Crippen molar-refractivity contribution in [3.8, 4) is 11.3 Å². The van der Waals surface area contributed by atoms with Crippen LogP contribution in [-0.2, 0) is 4.79 Å². The summed E-state index contributed by atoms with van der Waals surface area (Å²) < 4.78 is 5.93. The molecule has 0 fully saturated rings. The van der Waals surface area contributed by atoms with E-state index >= 15 is 0 Å². The van der Waals surface area contributed by atoms with E-state index in [1.165, 1.54) is 12.1 Å². The van der Waals surface area contributed by atoms with Crippen molar-refractivity contribution in [2.45, 2.75) is 0 Å². The first-order chi connectivity index (χ1) is 15.5. The SMILES string of the molecule is O=C(O)c1cc(-c2ccc(/C=C3/C(=O)N(c4ccccc4)c4ccccc43)o2)ccc1Cl. The Kier molecular flexibility index (Phi) is 4.88. The van der Waals surface area contributed by atoms with Crippen LogP contribution in [0.5, 0.6) is 0 Å². The van der Waals surface area contributed by atoms with E-state index in [9.17, 15) is 14.7 Å². The summed E-state index contributed by atoms with van der Waals surface area (Å²) in [6.45, 7) is 0. The molecule has 156 valence electrons. The third-order valence-corrected chi connectivity index (χ3v) is 5.61. The van der Waals surface area contributed by atoms with Crippen LogP contribution in [-0.4, -0.2) is 17.0 Å². The van der Waals surface area contributed by atoms with Crippen LogP contribution in [0.1, 0.15) is 21.7 Å². The number of aromatic carboxylic acids is 1. The fourth-order valence-corrected chi connectivity index (χ4v) is 3.98. The van der Waals surface area contributed by atoms with Gasteiger partial charge in [-0.2, -0.15) is 0 Å². The lowest BCUT2D eigenvalue weighted by atomic mass is 10.1. The van der Waals surface area contributed by atoms with Crippen LogP contribution in [0.25, 0.3) is 23.0 Å². The van der Waals surface area contributed by atoms with Gasteiger partial charge >= 0.3 is 5.97 Å². The predicted molar refractivity (Wildman–Crippen MR) is 124 cm³/mol. The van der Waals surface area contributed by atoms with E-state index in [-0.39, 0.29) is 16.5 Å². The number of benzene rings is 3. The van der Waals surface area contributed by atoms with Crippen molar-refractivity contribution in [1.82, 2.24) is 0 Å². The lowest BCUT2D eigenvalue weighted by molar-refractivity contribution is -0.112. The maximum Gasteiger partial charge on any atom is 0.337 e. The molecule has 0 radical (unpaired) electrons. The molecule has 2 heterocycles. The number of para-hydroxylation sites is 2. The zero-order chi connectivity index (χ0) is 22.2. The summed E-state index contributed by atoms with van der Waals surface area (Å²) in [5, 5.41) is 9.46. The monoisotopic (exact) mass is 441 g/mol. The topological polar surface area (TPSA) is 70.8 Å². The van der Waals surface area contributed by atoms with Crippen LogP contribution < -0.4 is 4.90 Å². The molecule has 0 atom stereocenters. The van der Waals surface area contributed by atoms with Crippen molar-refractivity contribution in [2.75, 3.05) is 4.90 Å². The van der Waals surface area contributed by atoms with Crippen molar-refractivity contribution in [2.24, 2.45) is 0 Å². The molecule has 0 unspecified atom stereocenters.